The molecule has 0 atom stereocenters. The van der Waals surface area contributed by atoms with E-state index in [9.17, 15) is 0 Å². The van der Waals surface area contributed by atoms with Gasteiger partial charge in [0.2, 0.25) is 0 Å². The summed E-state index contributed by atoms with van der Waals surface area (Å²) in [4.78, 5) is 0. The smallest absolute Gasteiger partial charge is 0.00512 e. The maximum absolute atomic E-state index is 3.40. The first kappa shape index (κ1) is 8.96. The molecule has 1 heteroatoms. The van der Waals surface area contributed by atoms with Crippen molar-refractivity contribution in [3.63, 3.8) is 0 Å². The van der Waals surface area contributed by atoms with Crippen LogP contribution in [0.15, 0.2) is 21.7 Å². The highest BCUT2D eigenvalue weighted by molar-refractivity contribution is 9.11. The van der Waals surface area contributed by atoms with Crippen LogP contribution < -0.4 is 0 Å². The topological polar surface area (TPSA) is 0 Å². The summed E-state index contributed by atoms with van der Waals surface area (Å²) in [6.45, 7) is 8.34. The Morgan fingerprint density at radius 3 is 1.67 bits per heavy atom. The average Bonchev–Trinajstić information content (AvgIpc) is 1.63. The standard InChI is InChI=1S/C8H13Br/c1-6(2)5-7(3)8(4)9/h5H,1-4H3/b8-7+. The first-order valence-corrected chi connectivity index (χ1v) is 3.81. The van der Waals surface area contributed by atoms with Crippen LogP contribution in [0, 0.1) is 0 Å². The van der Waals surface area contributed by atoms with Crippen LogP contribution in [-0.2, 0) is 0 Å². The molecule has 52 valence electrons. The Kier molecular flexibility index (Phi) is 3.87. The van der Waals surface area contributed by atoms with Crippen molar-refractivity contribution in [3.05, 3.63) is 21.7 Å². The summed E-state index contributed by atoms with van der Waals surface area (Å²) >= 11 is 3.40. The van der Waals surface area contributed by atoms with Crippen molar-refractivity contribution in [2.75, 3.05) is 0 Å². The van der Waals surface area contributed by atoms with Crippen LogP contribution in [0.2, 0.25) is 0 Å². The molecule has 0 bridgehead atoms. The van der Waals surface area contributed by atoms with Crippen molar-refractivity contribution < 1.29 is 0 Å². The molecule has 0 saturated heterocycles. The summed E-state index contributed by atoms with van der Waals surface area (Å²) in [6, 6.07) is 0. The molecular weight excluding hydrogens is 176 g/mol. The van der Waals surface area contributed by atoms with Crippen molar-refractivity contribution in [1.82, 2.24) is 0 Å². The predicted molar refractivity (Wildman–Crippen MR) is 46.7 cm³/mol. The third-order valence-electron chi connectivity index (χ3n) is 1.05. The van der Waals surface area contributed by atoms with Gasteiger partial charge in [0.1, 0.15) is 0 Å². The van der Waals surface area contributed by atoms with E-state index in [1.165, 1.54) is 15.6 Å². The van der Waals surface area contributed by atoms with Gasteiger partial charge >= 0.3 is 0 Å². The van der Waals surface area contributed by atoms with Crippen LogP contribution >= 0.6 is 15.9 Å². The van der Waals surface area contributed by atoms with Crippen molar-refractivity contribution in [3.8, 4) is 0 Å². The minimum atomic E-state index is 1.21. The molecule has 9 heavy (non-hydrogen) atoms. The summed E-state index contributed by atoms with van der Waals surface area (Å²) in [7, 11) is 0. The van der Waals surface area contributed by atoms with E-state index in [4.69, 9.17) is 0 Å². The second kappa shape index (κ2) is 3.89. The molecule has 0 aliphatic rings. The molecule has 0 spiro atoms. The van der Waals surface area contributed by atoms with Gasteiger partial charge in [0.05, 0.1) is 0 Å². The molecule has 0 unspecified atom stereocenters. The number of halogens is 1. The van der Waals surface area contributed by atoms with Crippen LogP contribution in [0.25, 0.3) is 0 Å². The lowest BCUT2D eigenvalue weighted by Gasteiger charge is -1.94. The third kappa shape index (κ3) is 4.46. The summed E-state index contributed by atoms with van der Waals surface area (Å²) < 4.78 is 1.21. The van der Waals surface area contributed by atoms with Crippen LogP contribution in [-0.4, -0.2) is 0 Å². The summed E-state index contributed by atoms with van der Waals surface area (Å²) in [5.74, 6) is 0. The van der Waals surface area contributed by atoms with Gasteiger partial charge < -0.3 is 0 Å². The van der Waals surface area contributed by atoms with Gasteiger partial charge in [-0.2, -0.15) is 0 Å². The van der Waals surface area contributed by atoms with Crippen molar-refractivity contribution >= 4 is 15.9 Å². The summed E-state index contributed by atoms with van der Waals surface area (Å²) in [6.07, 6.45) is 2.16. The molecule has 0 aliphatic carbocycles. The molecule has 0 aromatic carbocycles. The van der Waals surface area contributed by atoms with E-state index in [-0.39, 0.29) is 0 Å². The Morgan fingerprint density at radius 1 is 1.11 bits per heavy atom. The largest absolute Gasteiger partial charge is 0.0761 e. The lowest BCUT2D eigenvalue weighted by Crippen LogP contribution is -1.72. The molecule has 0 aliphatic heterocycles. The molecule has 0 fully saturated rings. The Balaban J connectivity index is 4.25. The molecule has 0 rings (SSSR count). The molecule has 0 heterocycles. The minimum Gasteiger partial charge on any atom is -0.0761 e. The van der Waals surface area contributed by atoms with E-state index in [0.29, 0.717) is 0 Å². The Morgan fingerprint density at radius 2 is 1.56 bits per heavy atom. The average molecular weight is 189 g/mol. The Hall–Kier alpha value is -0.0400. The fourth-order valence-electron chi connectivity index (χ4n) is 0.532. The first-order valence-electron chi connectivity index (χ1n) is 3.02. The molecule has 0 radical (unpaired) electrons. The fraction of sp³-hybridized carbons (Fsp3) is 0.500. The van der Waals surface area contributed by atoms with Gasteiger partial charge in [-0.1, -0.05) is 27.6 Å². The highest BCUT2D eigenvalue weighted by Gasteiger charge is 1.86. The van der Waals surface area contributed by atoms with Crippen LogP contribution in [0.4, 0.5) is 0 Å². The lowest BCUT2D eigenvalue weighted by molar-refractivity contribution is 1.34. The summed E-state index contributed by atoms with van der Waals surface area (Å²) in [5.41, 5.74) is 2.64. The number of hydrogen-bond acceptors (Lipinski definition) is 0. The van der Waals surface area contributed by atoms with Gasteiger partial charge in [0.15, 0.2) is 0 Å². The van der Waals surface area contributed by atoms with E-state index in [1.807, 2.05) is 0 Å². The maximum Gasteiger partial charge on any atom is -0.00512 e. The quantitative estimate of drug-likeness (QED) is 0.552. The van der Waals surface area contributed by atoms with Crippen molar-refractivity contribution in [2.24, 2.45) is 0 Å². The lowest BCUT2D eigenvalue weighted by atomic mass is 10.2. The van der Waals surface area contributed by atoms with Gasteiger partial charge in [0, 0.05) is 0 Å². The zero-order valence-corrected chi connectivity index (χ0v) is 8.04. The second-order valence-corrected chi connectivity index (χ2v) is 3.63. The molecule has 0 amide bonds. The molecule has 0 N–H and O–H groups in total. The first-order chi connectivity index (χ1) is 4.04. The van der Waals surface area contributed by atoms with E-state index in [2.05, 4.69) is 49.7 Å². The fourth-order valence-corrected chi connectivity index (χ4v) is 0.647. The molecule has 0 saturated carbocycles. The minimum absolute atomic E-state index is 1.21. The highest BCUT2D eigenvalue weighted by Crippen LogP contribution is 2.12. The highest BCUT2D eigenvalue weighted by atomic mass is 79.9. The van der Waals surface area contributed by atoms with Crippen LogP contribution in [0.5, 0.6) is 0 Å². The molecule has 0 aromatic rings. The zero-order valence-electron chi connectivity index (χ0n) is 6.46. The normalized spacial score (nSPS) is 12.6. The van der Waals surface area contributed by atoms with E-state index >= 15 is 0 Å². The van der Waals surface area contributed by atoms with Crippen molar-refractivity contribution in [1.29, 1.82) is 0 Å². The van der Waals surface area contributed by atoms with Gasteiger partial charge in [-0.3, -0.25) is 0 Å². The Labute approximate surface area is 65.8 Å². The van der Waals surface area contributed by atoms with E-state index in [0.717, 1.165) is 0 Å². The number of allylic oxidation sites excluding steroid dienone is 4. The van der Waals surface area contributed by atoms with E-state index in [1.54, 1.807) is 0 Å². The SMILES string of the molecule is CC(C)=C/C(C)=C(\C)Br. The van der Waals surface area contributed by atoms with E-state index < -0.39 is 0 Å². The molecule has 0 aromatic heterocycles. The van der Waals surface area contributed by atoms with Gasteiger partial charge in [0.25, 0.3) is 0 Å². The summed E-state index contributed by atoms with van der Waals surface area (Å²) in [5, 5.41) is 0. The second-order valence-electron chi connectivity index (χ2n) is 2.44. The third-order valence-corrected chi connectivity index (χ3v) is 1.67. The van der Waals surface area contributed by atoms with Gasteiger partial charge in [-0.25, -0.2) is 0 Å². The molecule has 0 nitrogen and oxygen atoms in total. The van der Waals surface area contributed by atoms with Gasteiger partial charge in [-0.15, -0.1) is 0 Å². The predicted octanol–water partition coefficient (Wildman–Crippen LogP) is 3.64. The number of hydrogen-bond donors (Lipinski definition) is 0. The zero-order chi connectivity index (χ0) is 7.44. The number of rotatable bonds is 1. The molecular formula is C8H13Br. The van der Waals surface area contributed by atoms with Gasteiger partial charge in [-0.05, 0) is 37.8 Å². The van der Waals surface area contributed by atoms with Crippen LogP contribution in [0.1, 0.15) is 27.7 Å². The Bertz CT molecular complexity index is 144. The van der Waals surface area contributed by atoms with Crippen molar-refractivity contribution in [2.45, 2.75) is 27.7 Å². The van der Waals surface area contributed by atoms with Crippen LogP contribution in [0.3, 0.4) is 0 Å². The monoisotopic (exact) mass is 188 g/mol. The maximum atomic E-state index is 3.40.